The van der Waals surface area contributed by atoms with Gasteiger partial charge in [0.25, 0.3) is 0 Å². The molecule has 15 heavy (non-hydrogen) atoms. The summed E-state index contributed by atoms with van der Waals surface area (Å²) in [6.07, 6.45) is -0.359. The van der Waals surface area contributed by atoms with Crippen molar-refractivity contribution in [2.45, 2.75) is 19.4 Å². The highest BCUT2D eigenvalue weighted by atomic mass is 32.2. The number of carbonyl (C=O) groups is 1. The monoisotopic (exact) mass is 237 g/mol. The maximum atomic E-state index is 11.5. The lowest BCUT2D eigenvalue weighted by atomic mass is 10.3. The minimum atomic E-state index is -3.79. The van der Waals surface area contributed by atoms with Gasteiger partial charge in [0.2, 0.25) is 0 Å². The average molecular weight is 237 g/mol. The third-order valence-corrected chi connectivity index (χ3v) is 3.45. The van der Waals surface area contributed by atoms with Crippen LogP contribution in [0.15, 0.2) is 0 Å². The van der Waals surface area contributed by atoms with E-state index in [4.69, 9.17) is 5.73 Å². The van der Waals surface area contributed by atoms with Crippen molar-refractivity contribution in [1.29, 1.82) is 0 Å². The Balaban J connectivity index is 2.56. The molecule has 0 saturated carbocycles. The number of amides is 1. The molecule has 8 heteroatoms. The number of nitrogens with two attached hydrogens (primary N) is 1. The van der Waals surface area contributed by atoms with Crippen LogP contribution in [-0.4, -0.2) is 44.6 Å². The van der Waals surface area contributed by atoms with Crippen molar-refractivity contribution in [3.63, 3.8) is 0 Å². The van der Waals surface area contributed by atoms with Gasteiger partial charge in [-0.3, -0.25) is 0 Å². The summed E-state index contributed by atoms with van der Waals surface area (Å²) in [6.45, 7) is 2.28. The second kappa shape index (κ2) is 4.77. The third-order valence-electron chi connectivity index (χ3n) is 2.02. The second-order valence-electron chi connectivity index (χ2n) is 3.23. The van der Waals surface area contributed by atoms with Crippen LogP contribution in [-0.2, 0) is 14.9 Å². The zero-order valence-electron chi connectivity index (χ0n) is 8.47. The summed E-state index contributed by atoms with van der Waals surface area (Å²) in [4.78, 5) is 10.9. The fourth-order valence-electron chi connectivity index (χ4n) is 1.30. The highest BCUT2D eigenvalue weighted by Crippen LogP contribution is 2.10. The van der Waals surface area contributed by atoms with Crippen LogP contribution in [0.1, 0.15) is 13.3 Å². The normalized spacial score (nSPS) is 22.7. The zero-order chi connectivity index (χ0) is 11.5. The Morgan fingerprint density at radius 1 is 1.67 bits per heavy atom. The van der Waals surface area contributed by atoms with Gasteiger partial charge < -0.3 is 10.5 Å². The maximum absolute atomic E-state index is 11.5. The van der Waals surface area contributed by atoms with Gasteiger partial charge in [-0.2, -0.15) is 12.7 Å². The molecule has 1 atom stereocenters. The van der Waals surface area contributed by atoms with E-state index in [1.165, 1.54) is 0 Å². The lowest BCUT2D eigenvalue weighted by Crippen LogP contribution is -2.43. The zero-order valence-corrected chi connectivity index (χ0v) is 9.29. The first-order valence-electron chi connectivity index (χ1n) is 4.66. The van der Waals surface area contributed by atoms with Crippen molar-refractivity contribution in [3.05, 3.63) is 0 Å². The number of hydrogen-bond acceptors (Lipinski definition) is 5. The molecule has 88 valence electrons. The lowest BCUT2D eigenvalue weighted by Gasteiger charge is -2.15. The molecule has 0 unspecified atom stereocenters. The van der Waals surface area contributed by atoms with Crippen molar-refractivity contribution in [1.82, 2.24) is 9.03 Å². The Bertz CT molecular complexity index is 329. The second-order valence-corrected chi connectivity index (χ2v) is 4.90. The van der Waals surface area contributed by atoms with E-state index in [2.05, 4.69) is 4.74 Å². The van der Waals surface area contributed by atoms with Gasteiger partial charge in [-0.05, 0) is 13.3 Å². The number of carbonyl (C=O) groups excluding carboxylic acids is 1. The predicted molar refractivity (Wildman–Crippen MR) is 53.2 cm³/mol. The number of ether oxygens (including phenoxy) is 1. The van der Waals surface area contributed by atoms with Crippen LogP contribution in [0.5, 0.6) is 0 Å². The topological polar surface area (TPSA) is 102 Å². The standard InChI is InChI=1S/C7H15N3O4S/c1-2-14-7(11)9-15(12,13)10-4-3-6(8)5-10/h6H,2-5,8H2,1H3,(H,9,11)/t6-/m1/s1. The molecule has 1 aliphatic heterocycles. The molecule has 1 amide bonds. The summed E-state index contributed by atoms with van der Waals surface area (Å²) < 4.78 is 30.5. The van der Waals surface area contributed by atoms with Gasteiger partial charge in [0.1, 0.15) is 0 Å². The minimum absolute atomic E-state index is 0.126. The summed E-state index contributed by atoms with van der Waals surface area (Å²) >= 11 is 0. The van der Waals surface area contributed by atoms with Gasteiger partial charge >= 0.3 is 16.3 Å². The van der Waals surface area contributed by atoms with Crippen LogP contribution in [0, 0.1) is 0 Å². The van der Waals surface area contributed by atoms with Gasteiger partial charge in [0.05, 0.1) is 6.61 Å². The van der Waals surface area contributed by atoms with Crippen LogP contribution in [0.25, 0.3) is 0 Å². The van der Waals surface area contributed by atoms with Crippen LogP contribution in [0.2, 0.25) is 0 Å². The Morgan fingerprint density at radius 3 is 2.80 bits per heavy atom. The van der Waals surface area contributed by atoms with E-state index in [0.717, 1.165) is 4.31 Å². The fourth-order valence-corrected chi connectivity index (χ4v) is 2.43. The number of nitrogens with one attached hydrogen (secondary N) is 1. The Hall–Kier alpha value is -0.860. The van der Waals surface area contributed by atoms with E-state index < -0.39 is 16.3 Å². The quantitative estimate of drug-likeness (QED) is 0.656. The smallest absolute Gasteiger partial charge is 0.421 e. The van der Waals surface area contributed by atoms with Crippen LogP contribution >= 0.6 is 0 Å². The molecule has 1 aliphatic rings. The first-order chi connectivity index (χ1) is 6.95. The molecule has 3 N–H and O–H groups in total. The van der Waals surface area contributed by atoms with Crippen molar-refractivity contribution in [2.24, 2.45) is 5.73 Å². The SMILES string of the molecule is CCOC(=O)NS(=O)(=O)N1CC[C@@H](N)C1. The molecule has 1 saturated heterocycles. The summed E-state index contributed by atoms with van der Waals surface area (Å²) in [6, 6.07) is -0.163. The highest BCUT2D eigenvalue weighted by molar-refractivity contribution is 7.87. The maximum Gasteiger partial charge on any atom is 0.421 e. The van der Waals surface area contributed by atoms with Gasteiger partial charge in [-0.15, -0.1) is 0 Å². The molecular formula is C7H15N3O4S. The Kier molecular flexibility index (Phi) is 3.89. The van der Waals surface area contributed by atoms with E-state index in [1.807, 2.05) is 0 Å². The van der Waals surface area contributed by atoms with Gasteiger partial charge in [-0.1, -0.05) is 0 Å². The van der Waals surface area contributed by atoms with E-state index in [0.29, 0.717) is 13.0 Å². The molecule has 0 bridgehead atoms. The van der Waals surface area contributed by atoms with E-state index in [9.17, 15) is 13.2 Å². The molecule has 1 rings (SSSR count). The minimum Gasteiger partial charge on any atom is -0.449 e. The van der Waals surface area contributed by atoms with E-state index >= 15 is 0 Å². The molecule has 7 nitrogen and oxygen atoms in total. The molecule has 0 aromatic carbocycles. The van der Waals surface area contributed by atoms with E-state index in [-0.39, 0.29) is 19.2 Å². The third kappa shape index (κ3) is 3.33. The molecule has 1 heterocycles. The summed E-state index contributed by atoms with van der Waals surface area (Å²) in [7, 11) is -3.79. The number of hydrogen-bond donors (Lipinski definition) is 2. The molecule has 0 aliphatic carbocycles. The largest absolute Gasteiger partial charge is 0.449 e. The predicted octanol–water partition coefficient (Wildman–Crippen LogP) is -0.990. The van der Waals surface area contributed by atoms with Gasteiger partial charge in [-0.25, -0.2) is 9.52 Å². The summed E-state index contributed by atoms with van der Waals surface area (Å²) in [5, 5.41) is 0. The molecule has 1 fully saturated rings. The van der Waals surface area contributed by atoms with Crippen LogP contribution in [0.4, 0.5) is 4.79 Å². The average Bonchev–Trinajstić information content (AvgIpc) is 2.51. The Morgan fingerprint density at radius 2 is 2.33 bits per heavy atom. The lowest BCUT2D eigenvalue weighted by molar-refractivity contribution is 0.158. The van der Waals surface area contributed by atoms with Crippen molar-refractivity contribution in [2.75, 3.05) is 19.7 Å². The summed E-state index contributed by atoms with van der Waals surface area (Å²) in [5.74, 6) is 0. The van der Waals surface area contributed by atoms with Crippen molar-refractivity contribution in [3.8, 4) is 0 Å². The molecule has 0 aromatic rings. The highest BCUT2D eigenvalue weighted by Gasteiger charge is 2.30. The van der Waals surface area contributed by atoms with Crippen LogP contribution in [0.3, 0.4) is 0 Å². The Labute approximate surface area is 88.7 Å². The first-order valence-corrected chi connectivity index (χ1v) is 6.10. The van der Waals surface area contributed by atoms with E-state index in [1.54, 1.807) is 11.6 Å². The molecular weight excluding hydrogens is 222 g/mol. The number of nitrogens with zero attached hydrogens (tertiary/aromatic N) is 1. The van der Waals surface area contributed by atoms with Crippen molar-refractivity contribution < 1.29 is 17.9 Å². The fraction of sp³-hybridized carbons (Fsp3) is 0.857. The van der Waals surface area contributed by atoms with Gasteiger partial charge in [0, 0.05) is 19.1 Å². The van der Waals surface area contributed by atoms with Gasteiger partial charge in [0.15, 0.2) is 0 Å². The van der Waals surface area contributed by atoms with Crippen molar-refractivity contribution >= 4 is 16.3 Å². The first kappa shape index (κ1) is 12.2. The van der Waals surface area contributed by atoms with Crippen LogP contribution < -0.4 is 10.5 Å². The summed E-state index contributed by atoms with van der Waals surface area (Å²) in [5.41, 5.74) is 5.56. The number of rotatable bonds is 3. The molecule has 0 aromatic heterocycles. The molecule has 0 radical (unpaired) electrons. The molecule has 0 spiro atoms.